The number of halogens is 1. The predicted octanol–water partition coefficient (Wildman–Crippen LogP) is 5.34. The van der Waals surface area contributed by atoms with Crippen LogP contribution in [-0.4, -0.2) is 16.3 Å². The molecule has 1 aromatic heterocycles. The number of nitrogens with zero attached hydrogens (tertiary/aromatic N) is 2. The first-order valence-corrected chi connectivity index (χ1v) is 8.94. The summed E-state index contributed by atoms with van der Waals surface area (Å²) in [4.78, 5) is 0. The maximum atomic E-state index is 4.54. The Morgan fingerprint density at radius 3 is 2.38 bits per heavy atom. The number of aromatic nitrogens is 2. The second kappa shape index (κ2) is 7.77. The fraction of sp³-hybridized carbons (Fsp3) is 0.824. The van der Waals surface area contributed by atoms with Crippen molar-refractivity contribution in [2.75, 3.05) is 6.54 Å². The van der Waals surface area contributed by atoms with Gasteiger partial charge in [0.15, 0.2) is 0 Å². The standard InChI is InChI=1S/C17H32BrN3/c1-8-9-19-15(10-13(4)17(5,6)7)16-14(18)11-20-21(16)12(2)3/h11-13,15,19H,8-10H2,1-7H3. The Kier molecular flexibility index (Phi) is 6.92. The summed E-state index contributed by atoms with van der Waals surface area (Å²) in [5, 5.41) is 8.26. The molecule has 0 saturated heterocycles. The molecular weight excluding hydrogens is 326 g/mol. The van der Waals surface area contributed by atoms with Crippen molar-refractivity contribution in [3.8, 4) is 0 Å². The predicted molar refractivity (Wildman–Crippen MR) is 94.6 cm³/mol. The van der Waals surface area contributed by atoms with Crippen LogP contribution in [0.3, 0.4) is 0 Å². The summed E-state index contributed by atoms with van der Waals surface area (Å²) in [7, 11) is 0. The highest BCUT2D eigenvalue weighted by Crippen LogP contribution is 2.36. The van der Waals surface area contributed by atoms with Crippen LogP contribution in [0.4, 0.5) is 0 Å². The van der Waals surface area contributed by atoms with Crippen LogP contribution >= 0.6 is 15.9 Å². The molecule has 0 aliphatic rings. The largest absolute Gasteiger partial charge is 0.309 e. The molecule has 2 unspecified atom stereocenters. The van der Waals surface area contributed by atoms with Crippen LogP contribution in [0.1, 0.15) is 79.1 Å². The second-order valence-corrected chi connectivity index (χ2v) is 8.28. The molecule has 0 radical (unpaired) electrons. The Balaban J connectivity index is 3.05. The van der Waals surface area contributed by atoms with E-state index in [1.54, 1.807) is 0 Å². The summed E-state index contributed by atoms with van der Waals surface area (Å²) >= 11 is 3.70. The molecule has 0 aliphatic carbocycles. The van der Waals surface area contributed by atoms with Crippen molar-refractivity contribution in [2.45, 2.75) is 73.4 Å². The average Bonchev–Trinajstić information content (AvgIpc) is 2.75. The van der Waals surface area contributed by atoms with Gasteiger partial charge < -0.3 is 5.32 Å². The van der Waals surface area contributed by atoms with Crippen molar-refractivity contribution < 1.29 is 0 Å². The van der Waals surface area contributed by atoms with Crippen molar-refractivity contribution >= 4 is 15.9 Å². The third kappa shape index (κ3) is 5.10. The van der Waals surface area contributed by atoms with E-state index in [1.165, 1.54) is 5.69 Å². The number of rotatable bonds is 7. The normalized spacial score (nSPS) is 15.5. The Morgan fingerprint density at radius 1 is 1.29 bits per heavy atom. The van der Waals surface area contributed by atoms with Gasteiger partial charge in [-0.3, -0.25) is 4.68 Å². The van der Waals surface area contributed by atoms with Crippen molar-refractivity contribution in [1.29, 1.82) is 0 Å². The zero-order valence-electron chi connectivity index (χ0n) is 14.7. The minimum atomic E-state index is 0.321. The van der Waals surface area contributed by atoms with E-state index in [-0.39, 0.29) is 0 Å². The third-order valence-corrected chi connectivity index (χ3v) is 4.93. The fourth-order valence-electron chi connectivity index (χ4n) is 2.41. The zero-order chi connectivity index (χ0) is 16.2. The highest BCUT2D eigenvalue weighted by Gasteiger charge is 2.27. The van der Waals surface area contributed by atoms with Crippen molar-refractivity contribution in [2.24, 2.45) is 11.3 Å². The summed E-state index contributed by atoms with van der Waals surface area (Å²) in [5.74, 6) is 0.634. The molecule has 0 aromatic carbocycles. The quantitative estimate of drug-likeness (QED) is 0.713. The molecule has 0 aliphatic heterocycles. The molecule has 1 heterocycles. The summed E-state index contributed by atoms with van der Waals surface area (Å²) < 4.78 is 3.26. The fourth-order valence-corrected chi connectivity index (χ4v) is 2.96. The van der Waals surface area contributed by atoms with Crippen LogP contribution in [-0.2, 0) is 0 Å². The Hall–Kier alpha value is -0.350. The maximum absolute atomic E-state index is 4.54. The molecular formula is C17H32BrN3. The van der Waals surface area contributed by atoms with E-state index < -0.39 is 0 Å². The first-order chi connectivity index (χ1) is 9.68. The van der Waals surface area contributed by atoms with Crippen LogP contribution < -0.4 is 5.32 Å². The SMILES string of the molecule is CCCNC(CC(C)C(C)(C)C)c1c(Br)cnn1C(C)C. The van der Waals surface area contributed by atoms with Crippen LogP contribution in [0.5, 0.6) is 0 Å². The molecule has 4 heteroatoms. The molecule has 0 spiro atoms. The van der Waals surface area contributed by atoms with Crippen molar-refractivity contribution in [3.63, 3.8) is 0 Å². The van der Waals surface area contributed by atoms with Gasteiger partial charge in [0.1, 0.15) is 0 Å². The highest BCUT2D eigenvalue weighted by atomic mass is 79.9. The van der Waals surface area contributed by atoms with Gasteiger partial charge >= 0.3 is 0 Å². The molecule has 3 nitrogen and oxygen atoms in total. The third-order valence-electron chi connectivity index (χ3n) is 4.31. The topological polar surface area (TPSA) is 29.9 Å². The molecule has 1 N–H and O–H groups in total. The van der Waals surface area contributed by atoms with E-state index in [4.69, 9.17) is 0 Å². The molecule has 0 amide bonds. The van der Waals surface area contributed by atoms with Gasteiger partial charge in [0, 0.05) is 6.04 Å². The summed E-state index contributed by atoms with van der Waals surface area (Å²) in [6.45, 7) is 16.9. The zero-order valence-corrected chi connectivity index (χ0v) is 16.3. The van der Waals surface area contributed by atoms with Crippen LogP contribution in [0.15, 0.2) is 10.7 Å². The molecule has 21 heavy (non-hydrogen) atoms. The van der Waals surface area contributed by atoms with E-state index in [1.807, 2.05) is 6.20 Å². The van der Waals surface area contributed by atoms with Crippen molar-refractivity contribution in [3.05, 3.63) is 16.4 Å². The van der Waals surface area contributed by atoms with Crippen LogP contribution in [0, 0.1) is 11.3 Å². The van der Waals surface area contributed by atoms with E-state index in [0.29, 0.717) is 23.4 Å². The van der Waals surface area contributed by atoms with E-state index >= 15 is 0 Å². The minimum Gasteiger partial charge on any atom is -0.309 e. The Morgan fingerprint density at radius 2 is 1.90 bits per heavy atom. The lowest BCUT2D eigenvalue weighted by Gasteiger charge is -2.32. The minimum absolute atomic E-state index is 0.321. The maximum Gasteiger partial charge on any atom is 0.0698 e. The van der Waals surface area contributed by atoms with Gasteiger partial charge in [-0.15, -0.1) is 0 Å². The van der Waals surface area contributed by atoms with Crippen molar-refractivity contribution in [1.82, 2.24) is 15.1 Å². The molecule has 0 saturated carbocycles. The monoisotopic (exact) mass is 357 g/mol. The lowest BCUT2D eigenvalue weighted by molar-refractivity contribution is 0.219. The average molecular weight is 358 g/mol. The van der Waals surface area contributed by atoms with Gasteiger partial charge in [-0.1, -0.05) is 34.6 Å². The number of hydrogen-bond donors (Lipinski definition) is 1. The van der Waals surface area contributed by atoms with E-state index in [2.05, 4.69) is 79.5 Å². The smallest absolute Gasteiger partial charge is 0.0698 e. The summed E-state index contributed by atoms with van der Waals surface area (Å²) in [6.07, 6.45) is 4.20. The number of nitrogens with one attached hydrogen (secondary N) is 1. The second-order valence-electron chi connectivity index (χ2n) is 7.43. The number of hydrogen-bond acceptors (Lipinski definition) is 2. The first kappa shape index (κ1) is 18.7. The van der Waals surface area contributed by atoms with Gasteiger partial charge in [0.05, 0.1) is 22.4 Å². The summed E-state index contributed by atoms with van der Waals surface area (Å²) in [6, 6.07) is 0.723. The Labute approximate surface area is 139 Å². The van der Waals surface area contributed by atoms with Crippen LogP contribution in [0.2, 0.25) is 0 Å². The molecule has 2 atom stereocenters. The molecule has 0 fully saturated rings. The Bertz CT molecular complexity index is 432. The van der Waals surface area contributed by atoms with Gasteiger partial charge in [0.2, 0.25) is 0 Å². The van der Waals surface area contributed by atoms with Gasteiger partial charge in [-0.05, 0) is 60.5 Å². The molecule has 0 bridgehead atoms. The molecule has 122 valence electrons. The van der Waals surface area contributed by atoms with Gasteiger partial charge in [0.25, 0.3) is 0 Å². The van der Waals surface area contributed by atoms with E-state index in [9.17, 15) is 0 Å². The lowest BCUT2D eigenvalue weighted by atomic mass is 9.78. The van der Waals surface area contributed by atoms with Gasteiger partial charge in [-0.2, -0.15) is 5.10 Å². The van der Waals surface area contributed by atoms with E-state index in [0.717, 1.165) is 23.9 Å². The van der Waals surface area contributed by atoms with Crippen LogP contribution in [0.25, 0.3) is 0 Å². The lowest BCUT2D eigenvalue weighted by Crippen LogP contribution is -2.30. The summed E-state index contributed by atoms with van der Waals surface area (Å²) in [5.41, 5.74) is 1.61. The highest BCUT2D eigenvalue weighted by molar-refractivity contribution is 9.10. The molecule has 1 aromatic rings. The first-order valence-electron chi connectivity index (χ1n) is 8.14. The van der Waals surface area contributed by atoms with Gasteiger partial charge in [-0.25, -0.2) is 0 Å². The molecule has 1 rings (SSSR count).